The lowest BCUT2D eigenvalue weighted by atomic mass is 9.95. The first-order chi connectivity index (χ1) is 9.26. The van der Waals surface area contributed by atoms with Gasteiger partial charge in [0.1, 0.15) is 12.2 Å². The van der Waals surface area contributed by atoms with Crippen molar-refractivity contribution in [3.8, 4) is 0 Å². The number of hydrogen-bond donors (Lipinski definition) is 1. The van der Waals surface area contributed by atoms with Crippen molar-refractivity contribution in [2.75, 3.05) is 0 Å². The van der Waals surface area contributed by atoms with E-state index in [1.54, 1.807) is 6.33 Å². The Morgan fingerprint density at radius 3 is 2.68 bits per heavy atom. The van der Waals surface area contributed by atoms with Gasteiger partial charge in [0.15, 0.2) is 0 Å². The van der Waals surface area contributed by atoms with E-state index in [0.717, 1.165) is 25.1 Å². The predicted octanol–water partition coefficient (Wildman–Crippen LogP) is 2.13. The molecule has 100 valence electrons. The Hall–Kier alpha value is -1.68. The van der Waals surface area contributed by atoms with Crippen LogP contribution in [0, 0.1) is 0 Å². The van der Waals surface area contributed by atoms with Crippen LogP contribution in [0.15, 0.2) is 36.7 Å². The van der Waals surface area contributed by atoms with Gasteiger partial charge in [-0.1, -0.05) is 37.3 Å². The number of benzene rings is 1. The Balaban J connectivity index is 1.93. The van der Waals surface area contributed by atoms with Gasteiger partial charge in [-0.2, -0.15) is 5.10 Å². The van der Waals surface area contributed by atoms with Crippen LogP contribution >= 0.6 is 0 Å². The summed E-state index contributed by atoms with van der Waals surface area (Å²) in [5, 5.41) is 14.1. The summed E-state index contributed by atoms with van der Waals surface area (Å²) in [5.41, 5.74) is 1.32. The van der Waals surface area contributed by atoms with E-state index >= 15 is 0 Å². The van der Waals surface area contributed by atoms with Gasteiger partial charge in [-0.3, -0.25) is 0 Å². The zero-order valence-corrected chi connectivity index (χ0v) is 11.2. The van der Waals surface area contributed by atoms with Gasteiger partial charge in [0.05, 0.1) is 18.1 Å². The third-order valence-corrected chi connectivity index (χ3v) is 3.97. The lowest BCUT2D eigenvalue weighted by molar-refractivity contribution is 0.143. The third kappa shape index (κ3) is 2.16. The zero-order chi connectivity index (χ0) is 13.3. The molecular weight excluding hydrogens is 238 g/mol. The van der Waals surface area contributed by atoms with Crippen molar-refractivity contribution in [1.29, 1.82) is 0 Å². The summed E-state index contributed by atoms with van der Waals surface area (Å²) in [5.74, 6) is 0.992. The van der Waals surface area contributed by atoms with Crippen molar-refractivity contribution in [3.05, 3.63) is 48.0 Å². The Bertz CT molecular complexity index is 546. The van der Waals surface area contributed by atoms with E-state index in [9.17, 15) is 5.11 Å². The van der Waals surface area contributed by atoms with E-state index in [2.05, 4.69) is 34.3 Å². The van der Waals surface area contributed by atoms with Crippen molar-refractivity contribution in [1.82, 2.24) is 14.8 Å². The molecule has 1 saturated carbocycles. The molecule has 1 atom stereocenters. The molecule has 2 aromatic rings. The standard InChI is InChI=1S/C15H19N3O/c1-2-13(19)10-18-14(16-11-17-18)15(8-9-15)12-6-4-3-5-7-12/h3-7,11,13,19H,2,8-10H2,1H3/t13-/m1/s1. The number of aliphatic hydroxyl groups is 1. The zero-order valence-electron chi connectivity index (χ0n) is 11.2. The van der Waals surface area contributed by atoms with Gasteiger partial charge in [0, 0.05) is 0 Å². The summed E-state index contributed by atoms with van der Waals surface area (Å²) in [7, 11) is 0. The smallest absolute Gasteiger partial charge is 0.138 e. The van der Waals surface area contributed by atoms with Gasteiger partial charge in [-0.05, 0) is 24.8 Å². The number of hydrogen-bond acceptors (Lipinski definition) is 3. The molecule has 0 bridgehead atoms. The lowest BCUT2D eigenvalue weighted by Crippen LogP contribution is -2.23. The minimum absolute atomic E-state index is 0.0191. The van der Waals surface area contributed by atoms with E-state index < -0.39 is 0 Å². The largest absolute Gasteiger partial charge is 0.391 e. The summed E-state index contributed by atoms with van der Waals surface area (Å²) in [4.78, 5) is 4.45. The number of aromatic nitrogens is 3. The lowest BCUT2D eigenvalue weighted by Gasteiger charge is -2.17. The number of aliphatic hydroxyl groups excluding tert-OH is 1. The second kappa shape index (κ2) is 4.78. The molecule has 19 heavy (non-hydrogen) atoms. The minimum atomic E-state index is -0.355. The molecule has 1 fully saturated rings. The highest BCUT2D eigenvalue weighted by atomic mass is 16.3. The molecule has 0 aliphatic heterocycles. The Kier molecular flexibility index (Phi) is 3.11. The average molecular weight is 257 g/mol. The fraction of sp³-hybridized carbons (Fsp3) is 0.467. The van der Waals surface area contributed by atoms with Gasteiger partial charge < -0.3 is 5.11 Å². The molecule has 0 spiro atoms. The molecule has 0 radical (unpaired) electrons. The maximum absolute atomic E-state index is 9.82. The van der Waals surface area contributed by atoms with Crippen molar-refractivity contribution in [2.45, 2.75) is 44.2 Å². The molecule has 1 aliphatic rings. The summed E-state index contributed by atoms with van der Waals surface area (Å²) >= 11 is 0. The molecule has 3 rings (SSSR count). The number of nitrogens with zero attached hydrogens (tertiary/aromatic N) is 3. The monoisotopic (exact) mass is 257 g/mol. The fourth-order valence-electron chi connectivity index (χ4n) is 2.62. The summed E-state index contributed by atoms with van der Waals surface area (Å²) in [6.45, 7) is 2.51. The molecule has 1 heterocycles. The normalized spacial score (nSPS) is 18.2. The van der Waals surface area contributed by atoms with Crippen LogP contribution < -0.4 is 0 Å². The van der Waals surface area contributed by atoms with Gasteiger partial charge in [-0.25, -0.2) is 9.67 Å². The van der Waals surface area contributed by atoms with E-state index in [-0.39, 0.29) is 11.5 Å². The first kappa shape index (κ1) is 12.4. The quantitative estimate of drug-likeness (QED) is 0.892. The molecule has 4 nitrogen and oxygen atoms in total. The van der Waals surface area contributed by atoms with E-state index in [1.807, 2.05) is 17.7 Å². The molecular formula is C15H19N3O. The van der Waals surface area contributed by atoms with Crippen LogP contribution in [0.3, 0.4) is 0 Å². The maximum atomic E-state index is 9.82. The molecule has 1 aliphatic carbocycles. The highest BCUT2D eigenvalue weighted by molar-refractivity contribution is 5.39. The van der Waals surface area contributed by atoms with Crippen molar-refractivity contribution < 1.29 is 5.11 Å². The maximum Gasteiger partial charge on any atom is 0.138 e. The Morgan fingerprint density at radius 1 is 1.32 bits per heavy atom. The first-order valence-electron chi connectivity index (χ1n) is 6.88. The van der Waals surface area contributed by atoms with Crippen LogP contribution in [0.5, 0.6) is 0 Å². The third-order valence-electron chi connectivity index (χ3n) is 3.97. The second-order valence-electron chi connectivity index (χ2n) is 5.28. The van der Waals surface area contributed by atoms with Gasteiger partial charge in [-0.15, -0.1) is 0 Å². The van der Waals surface area contributed by atoms with Crippen molar-refractivity contribution in [3.63, 3.8) is 0 Å². The van der Waals surface area contributed by atoms with Crippen LogP contribution in [0.2, 0.25) is 0 Å². The van der Waals surface area contributed by atoms with E-state index in [0.29, 0.717) is 6.54 Å². The molecule has 4 heteroatoms. The summed E-state index contributed by atoms with van der Waals surface area (Å²) < 4.78 is 1.87. The van der Waals surface area contributed by atoms with Gasteiger partial charge >= 0.3 is 0 Å². The SMILES string of the molecule is CC[C@@H](O)Cn1ncnc1C1(c2ccccc2)CC1. The topological polar surface area (TPSA) is 50.9 Å². The highest BCUT2D eigenvalue weighted by Gasteiger charge is 2.49. The molecule has 0 saturated heterocycles. The predicted molar refractivity (Wildman–Crippen MR) is 72.8 cm³/mol. The summed E-state index contributed by atoms with van der Waals surface area (Å²) in [6.07, 6.45) is 4.20. The Morgan fingerprint density at radius 2 is 2.05 bits per heavy atom. The van der Waals surface area contributed by atoms with Crippen LogP contribution in [-0.4, -0.2) is 26.0 Å². The van der Waals surface area contributed by atoms with Gasteiger partial charge in [0.25, 0.3) is 0 Å². The summed E-state index contributed by atoms with van der Waals surface area (Å²) in [6, 6.07) is 10.5. The molecule has 0 amide bonds. The van der Waals surface area contributed by atoms with Crippen molar-refractivity contribution >= 4 is 0 Å². The average Bonchev–Trinajstić information content (AvgIpc) is 3.14. The molecule has 0 unspecified atom stereocenters. The number of rotatable bonds is 5. The molecule has 1 N–H and O–H groups in total. The molecule has 1 aromatic carbocycles. The first-order valence-corrected chi connectivity index (χ1v) is 6.88. The van der Waals surface area contributed by atoms with E-state index in [4.69, 9.17) is 0 Å². The highest BCUT2D eigenvalue weighted by Crippen LogP contribution is 2.52. The fourth-order valence-corrected chi connectivity index (χ4v) is 2.62. The van der Waals surface area contributed by atoms with Gasteiger partial charge in [0.2, 0.25) is 0 Å². The van der Waals surface area contributed by atoms with Crippen molar-refractivity contribution in [2.24, 2.45) is 0 Å². The molecule has 1 aromatic heterocycles. The second-order valence-corrected chi connectivity index (χ2v) is 5.28. The Labute approximate surface area is 113 Å². The minimum Gasteiger partial charge on any atom is -0.391 e. The van der Waals surface area contributed by atoms with Crippen LogP contribution in [0.4, 0.5) is 0 Å². The van der Waals surface area contributed by atoms with Crippen LogP contribution in [0.25, 0.3) is 0 Å². The van der Waals surface area contributed by atoms with Crippen LogP contribution in [-0.2, 0) is 12.0 Å². The van der Waals surface area contributed by atoms with E-state index in [1.165, 1.54) is 5.56 Å². The van der Waals surface area contributed by atoms with Crippen LogP contribution in [0.1, 0.15) is 37.6 Å².